The Hall–Kier alpha value is -3.16. The predicted molar refractivity (Wildman–Crippen MR) is 98.8 cm³/mol. The molecule has 29 heavy (non-hydrogen) atoms. The van der Waals surface area contributed by atoms with Crippen LogP contribution in [0.1, 0.15) is 47.2 Å². The summed E-state index contributed by atoms with van der Waals surface area (Å²) < 4.78 is 44.6. The number of carbonyl (C=O) groups is 1. The molecule has 2 heterocycles. The second-order valence-corrected chi connectivity index (χ2v) is 7.02. The van der Waals surface area contributed by atoms with Crippen molar-refractivity contribution in [2.45, 2.75) is 37.5 Å². The van der Waals surface area contributed by atoms with Crippen LogP contribution in [0.5, 0.6) is 0 Å². The highest BCUT2D eigenvalue weighted by molar-refractivity contribution is 5.64. The molecule has 8 heteroatoms. The van der Waals surface area contributed by atoms with E-state index in [-0.39, 0.29) is 18.5 Å². The zero-order valence-electron chi connectivity index (χ0n) is 15.3. The van der Waals surface area contributed by atoms with Crippen molar-refractivity contribution < 1.29 is 22.7 Å². The van der Waals surface area contributed by atoms with Crippen LogP contribution in [0.2, 0.25) is 0 Å². The van der Waals surface area contributed by atoms with Crippen molar-refractivity contribution in [2.24, 2.45) is 0 Å². The summed E-state index contributed by atoms with van der Waals surface area (Å²) >= 11 is 0. The quantitative estimate of drug-likeness (QED) is 0.576. The summed E-state index contributed by atoms with van der Waals surface area (Å²) in [6, 6.07) is 8.51. The Labute approximate surface area is 164 Å². The highest BCUT2D eigenvalue weighted by Gasteiger charge is 2.33. The number of ether oxygens (including phenoxy) is 1. The van der Waals surface area contributed by atoms with Gasteiger partial charge in [-0.2, -0.15) is 18.3 Å². The van der Waals surface area contributed by atoms with Gasteiger partial charge in [0.1, 0.15) is 6.10 Å². The van der Waals surface area contributed by atoms with Gasteiger partial charge in [-0.1, -0.05) is 12.1 Å². The molecule has 0 aliphatic heterocycles. The molecule has 0 bridgehead atoms. The number of nitrogens with one attached hydrogen (secondary N) is 1. The van der Waals surface area contributed by atoms with E-state index in [4.69, 9.17) is 4.74 Å². The summed E-state index contributed by atoms with van der Waals surface area (Å²) in [5, 5.41) is 7.51. The second-order valence-electron chi connectivity index (χ2n) is 7.02. The number of benzene rings is 1. The van der Waals surface area contributed by atoms with Crippen molar-refractivity contribution in [1.29, 1.82) is 0 Å². The number of aromatic amines is 1. The molecule has 5 nitrogen and oxygen atoms in total. The molecule has 2 aromatic heterocycles. The molecule has 0 spiro atoms. The number of rotatable bonds is 7. The van der Waals surface area contributed by atoms with Crippen LogP contribution >= 0.6 is 0 Å². The third kappa shape index (κ3) is 4.16. The summed E-state index contributed by atoms with van der Waals surface area (Å²) in [5.41, 5.74) is 2.84. The van der Waals surface area contributed by atoms with E-state index in [1.54, 1.807) is 12.4 Å². The summed E-state index contributed by atoms with van der Waals surface area (Å²) in [4.78, 5) is 15.1. The average molecular weight is 401 g/mol. The second kappa shape index (κ2) is 7.69. The maximum Gasteiger partial charge on any atom is 0.416 e. The van der Waals surface area contributed by atoms with Gasteiger partial charge in [-0.15, -0.1) is 0 Å². The van der Waals surface area contributed by atoms with Gasteiger partial charge in [0, 0.05) is 41.6 Å². The molecule has 1 saturated carbocycles. The van der Waals surface area contributed by atoms with Crippen molar-refractivity contribution in [1.82, 2.24) is 15.2 Å². The highest BCUT2D eigenvalue weighted by atomic mass is 19.4. The fourth-order valence-corrected chi connectivity index (χ4v) is 3.46. The molecule has 1 atom stereocenters. The maximum atomic E-state index is 13.1. The normalized spacial score (nSPS) is 15.1. The molecule has 0 saturated heterocycles. The summed E-state index contributed by atoms with van der Waals surface area (Å²) in [7, 11) is 0. The molecule has 1 aromatic carbocycles. The van der Waals surface area contributed by atoms with E-state index < -0.39 is 17.8 Å². The Balaban J connectivity index is 1.72. The first-order valence-corrected chi connectivity index (χ1v) is 9.21. The minimum absolute atomic E-state index is 0.222. The number of H-pyrrole nitrogens is 1. The monoisotopic (exact) mass is 401 g/mol. The van der Waals surface area contributed by atoms with Crippen molar-refractivity contribution in [3.8, 4) is 11.3 Å². The van der Waals surface area contributed by atoms with Crippen LogP contribution in [-0.4, -0.2) is 21.7 Å². The molecule has 0 amide bonds. The number of hydrogen-bond donors (Lipinski definition) is 1. The molecule has 150 valence electrons. The lowest BCUT2D eigenvalue weighted by molar-refractivity contribution is -0.137. The lowest BCUT2D eigenvalue weighted by atomic mass is 9.95. The van der Waals surface area contributed by atoms with Crippen molar-refractivity contribution in [3.05, 3.63) is 71.2 Å². The fraction of sp³-hybridized carbons (Fsp3) is 0.286. The Morgan fingerprint density at radius 2 is 1.97 bits per heavy atom. The molecule has 1 aliphatic carbocycles. The smallest absolute Gasteiger partial charge is 0.416 e. The maximum absolute atomic E-state index is 13.1. The molecule has 1 N–H and O–H groups in total. The fourth-order valence-electron chi connectivity index (χ4n) is 3.46. The van der Waals surface area contributed by atoms with Gasteiger partial charge in [0.15, 0.2) is 0 Å². The highest BCUT2D eigenvalue weighted by Crippen LogP contribution is 2.44. The molecule has 3 aromatic rings. The van der Waals surface area contributed by atoms with Crippen LogP contribution in [0.4, 0.5) is 13.2 Å². The van der Waals surface area contributed by atoms with Gasteiger partial charge in [-0.25, -0.2) is 0 Å². The molecule has 1 fully saturated rings. The molecule has 0 radical (unpaired) electrons. The van der Waals surface area contributed by atoms with E-state index in [2.05, 4.69) is 15.2 Å². The number of carbonyl (C=O) groups excluding carboxylic acids is 1. The largest absolute Gasteiger partial charge is 0.459 e. The molecule has 1 unspecified atom stereocenters. The lowest BCUT2D eigenvalue weighted by Gasteiger charge is -2.18. The van der Waals surface area contributed by atoms with Gasteiger partial charge < -0.3 is 4.74 Å². The van der Waals surface area contributed by atoms with Gasteiger partial charge in [0.2, 0.25) is 0 Å². The molecule has 1 aliphatic rings. The number of aromatic nitrogens is 3. The first-order chi connectivity index (χ1) is 14.0. The number of alkyl halides is 3. The Morgan fingerprint density at radius 3 is 2.62 bits per heavy atom. The Bertz CT molecular complexity index is 998. The van der Waals surface area contributed by atoms with Crippen molar-refractivity contribution in [3.63, 3.8) is 0 Å². The minimum atomic E-state index is -4.47. The SMILES string of the molecule is O=COC(Cc1c(-c2ccncc2)n[nH]c1C1CC1)c1cccc(C(F)(F)F)c1. The molecular weight excluding hydrogens is 383 g/mol. The van der Waals surface area contributed by atoms with E-state index in [0.29, 0.717) is 11.6 Å². The Morgan fingerprint density at radius 1 is 1.21 bits per heavy atom. The van der Waals surface area contributed by atoms with E-state index in [0.717, 1.165) is 41.8 Å². The number of halogens is 3. The zero-order chi connectivity index (χ0) is 20.4. The standard InChI is InChI=1S/C21H18F3N3O2/c22-21(23,24)16-3-1-2-15(10-16)18(29-12-28)11-17-19(13-4-5-13)26-27-20(17)14-6-8-25-9-7-14/h1-3,6-10,12-13,18H,4-5,11H2,(H,26,27). The van der Waals surface area contributed by atoms with Crippen LogP contribution in [-0.2, 0) is 22.1 Å². The van der Waals surface area contributed by atoms with Crippen LogP contribution in [0.15, 0.2) is 48.8 Å². The van der Waals surface area contributed by atoms with Crippen LogP contribution in [0, 0.1) is 0 Å². The topological polar surface area (TPSA) is 67.9 Å². The number of pyridine rings is 1. The summed E-state index contributed by atoms with van der Waals surface area (Å²) in [5.74, 6) is 0.339. The first-order valence-electron chi connectivity index (χ1n) is 9.21. The third-order valence-corrected chi connectivity index (χ3v) is 5.03. The van der Waals surface area contributed by atoms with Crippen molar-refractivity contribution >= 4 is 6.47 Å². The molecule has 4 rings (SSSR count). The van der Waals surface area contributed by atoms with E-state index in [9.17, 15) is 18.0 Å². The zero-order valence-corrected chi connectivity index (χ0v) is 15.3. The van der Waals surface area contributed by atoms with Crippen molar-refractivity contribution in [2.75, 3.05) is 0 Å². The van der Waals surface area contributed by atoms with Gasteiger partial charge in [0.25, 0.3) is 6.47 Å². The van der Waals surface area contributed by atoms with E-state index in [1.807, 2.05) is 12.1 Å². The predicted octanol–water partition coefficient (Wildman–Crippen LogP) is 4.82. The van der Waals surface area contributed by atoms with Crippen LogP contribution in [0.3, 0.4) is 0 Å². The summed E-state index contributed by atoms with van der Waals surface area (Å²) in [6.07, 6.45) is 0.235. The molecular formula is C21H18F3N3O2. The first kappa shape index (κ1) is 19.2. The summed E-state index contributed by atoms with van der Waals surface area (Å²) in [6.45, 7) is 0.272. The van der Waals surface area contributed by atoms with Gasteiger partial charge >= 0.3 is 6.18 Å². The number of hydrogen-bond acceptors (Lipinski definition) is 4. The van der Waals surface area contributed by atoms with Gasteiger partial charge in [-0.05, 0) is 42.7 Å². The van der Waals surface area contributed by atoms with Gasteiger partial charge in [0.05, 0.1) is 11.3 Å². The van der Waals surface area contributed by atoms with Crippen LogP contribution in [0.25, 0.3) is 11.3 Å². The number of nitrogens with zero attached hydrogens (tertiary/aromatic N) is 2. The lowest BCUT2D eigenvalue weighted by Crippen LogP contribution is -2.11. The van der Waals surface area contributed by atoms with Gasteiger partial charge in [-0.3, -0.25) is 14.9 Å². The average Bonchev–Trinajstić information content (AvgIpc) is 3.48. The third-order valence-electron chi connectivity index (χ3n) is 5.03. The van der Waals surface area contributed by atoms with E-state index >= 15 is 0 Å². The minimum Gasteiger partial charge on any atom is -0.459 e. The van der Waals surface area contributed by atoms with Crippen LogP contribution < -0.4 is 0 Å². The Kier molecular flexibility index (Phi) is 5.08. The van der Waals surface area contributed by atoms with E-state index in [1.165, 1.54) is 12.1 Å².